The van der Waals surface area contributed by atoms with Crippen LogP contribution < -0.4 is 0 Å². The summed E-state index contributed by atoms with van der Waals surface area (Å²) < 4.78 is 10.2. The third kappa shape index (κ3) is 3.26. The Bertz CT molecular complexity index is 905. The lowest BCUT2D eigenvalue weighted by atomic mass is 10.1. The maximum atomic E-state index is 9.19. The molecule has 0 spiro atoms. The standard InChI is InChI=1S/C21H25N5O2/c27-10-5-20-13-25-12-18(11-19(25)14-28-20)26-9-7-23-21(26)16-1-3-17(4-2-16)24-8-6-22-15-24/h1-4,6-9,15,18-20,27H,5,10-14H2/t18-,19-,20-/m0/s1. The molecule has 2 aliphatic rings. The van der Waals surface area contributed by atoms with Gasteiger partial charge in [0.2, 0.25) is 0 Å². The highest BCUT2D eigenvalue weighted by Crippen LogP contribution is 2.33. The summed E-state index contributed by atoms with van der Waals surface area (Å²) in [5.41, 5.74) is 2.21. The van der Waals surface area contributed by atoms with Gasteiger partial charge in [-0.25, -0.2) is 9.97 Å². The van der Waals surface area contributed by atoms with Crippen LogP contribution in [0.2, 0.25) is 0 Å². The number of hydrogen-bond donors (Lipinski definition) is 1. The Morgan fingerprint density at radius 3 is 2.75 bits per heavy atom. The molecule has 2 fully saturated rings. The summed E-state index contributed by atoms with van der Waals surface area (Å²) in [4.78, 5) is 11.3. The topological polar surface area (TPSA) is 68.3 Å². The average molecular weight is 379 g/mol. The highest BCUT2D eigenvalue weighted by Gasteiger charge is 2.38. The molecular weight excluding hydrogens is 354 g/mol. The first-order chi connectivity index (χ1) is 13.8. The molecule has 0 bridgehead atoms. The van der Waals surface area contributed by atoms with Crippen molar-refractivity contribution in [3.05, 3.63) is 55.4 Å². The number of rotatable bonds is 5. The van der Waals surface area contributed by atoms with Crippen molar-refractivity contribution in [1.82, 2.24) is 24.0 Å². The van der Waals surface area contributed by atoms with E-state index in [4.69, 9.17) is 4.74 Å². The quantitative estimate of drug-likeness (QED) is 0.736. The van der Waals surface area contributed by atoms with E-state index >= 15 is 0 Å². The summed E-state index contributed by atoms with van der Waals surface area (Å²) in [7, 11) is 0. The van der Waals surface area contributed by atoms with Gasteiger partial charge in [-0.15, -0.1) is 0 Å². The molecule has 0 amide bonds. The first-order valence-corrected chi connectivity index (χ1v) is 9.90. The Morgan fingerprint density at radius 1 is 1.07 bits per heavy atom. The zero-order chi connectivity index (χ0) is 18.9. The van der Waals surface area contributed by atoms with E-state index in [1.54, 1.807) is 12.5 Å². The fourth-order valence-corrected chi connectivity index (χ4v) is 4.46. The Balaban J connectivity index is 1.34. The Kier molecular flexibility index (Phi) is 4.72. The molecule has 7 heteroatoms. The van der Waals surface area contributed by atoms with E-state index in [9.17, 15) is 5.11 Å². The van der Waals surface area contributed by atoms with Gasteiger partial charge in [0.15, 0.2) is 0 Å². The van der Waals surface area contributed by atoms with E-state index in [1.165, 1.54) is 0 Å². The van der Waals surface area contributed by atoms with Crippen LogP contribution in [-0.4, -0.2) is 67.6 Å². The van der Waals surface area contributed by atoms with Gasteiger partial charge in [-0.1, -0.05) is 0 Å². The van der Waals surface area contributed by atoms with Crippen molar-refractivity contribution >= 4 is 0 Å². The highest BCUT2D eigenvalue weighted by atomic mass is 16.5. The lowest BCUT2D eigenvalue weighted by Gasteiger charge is -2.34. The largest absolute Gasteiger partial charge is 0.396 e. The third-order valence-corrected chi connectivity index (χ3v) is 5.91. The summed E-state index contributed by atoms with van der Waals surface area (Å²) in [6.45, 7) is 2.86. The van der Waals surface area contributed by atoms with Crippen LogP contribution in [0.3, 0.4) is 0 Å². The van der Waals surface area contributed by atoms with Crippen molar-refractivity contribution in [2.75, 3.05) is 26.3 Å². The van der Waals surface area contributed by atoms with Crippen molar-refractivity contribution in [1.29, 1.82) is 0 Å². The van der Waals surface area contributed by atoms with E-state index in [0.29, 0.717) is 18.5 Å². The van der Waals surface area contributed by atoms with E-state index in [2.05, 4.69) is 49.9 Å². The highest BCUT2D eigenvalue weighted by molar-refractivity contribution is 5.58. The Morgan fingerprint density at radius 2 is 1.96 bits per heavy atom. The SMILES string of the molecule is OCC[C@H]1CN2C[C@@H](n3ccnc3-c3ccc(-n4ccnc4)cc3)C[C@H]2CO1. The molecule has 2 aliphatic heterocycles. The molecule has 3 atom stereocenters. The normalized spacial score (nSPS) is 25.1. The van der Waals surface area contributed by atoms with Crippen LogP contribution in [0.1, 0.15) is 18.9 Å². The van der Waals surface area contributed by atoms with Crippen LogP contribution in [0.4, 0.5) is 0 Å². The minimum absolute atomic E-state index is 0.151. The maximum Gasteiger partial charge on any atom is 0.140 e. The van der Waals surface area contributed by atoms with Crippen LogP contribution in [0, 0.1) is 0 Å². The van der Waals surface area contributed by atoms with Gasteiger partial charge in [0.05, 0.1) is 19.0 Å². The number of hydrogen-bond acceptors (Lipinski definition) is 5. The van der Waals surface area contributed by atoms with Gasteiger partial charge in [-0.05, 0) is 37.1 Å². The number of morpholine rings is 1. The van der Waals surface area contributed by atoms with Crippen molar-refractivity contribution in [3.63, 3.8) is 0 Å². The molecule has 5 rings (SSSR count). The maximum absolute atomic E-state index is 9.19. The van der Waals surface area contributed by atoms with E-state index in [1.807, 2.05) is 17.0 Å². The molecule has 2 aromatic heterocycles. The van der Waals surface area contributed by atoms with Crippen molar-refractivity contribution in [2.24, 2.45) is 0 Å². The number of nitrogens with zero attached hydrogens (tertiary/aromatic N) is 5. The number of aromatic nitrogens is 4. The smallest absolute Gasteiger partial charge is 0.140 e. The van der Waals surface area contributed by atoms with Gasteiger partial charge >= 0.3 is 0 Å². The predicted molar refractivity (Wildman–Crippen MR) is 105 cm³/mol. The number of aliphatic hydroxyl groups excluding tert-OH is 1. The first-order valence-electron chi connectivity index (χ1n) is 9.90. The second-order valence-corrected chi connectivity index (χ2v) is 7.64. The number of ether oxygens (including phenoxy) is 1. The Hall–Kier alpha value is -2.48. The van der Waals surface area contributed by atoms with Crippen LogP contribution in [0.15, 0.2) is 55.4 Å². The van der Waals surface area contributed by atoms with E-state index in [0.717, 1.165) is 43.2 Å². The van der Waals surface area contributed by atoms with Crippen LogP contribution in [0.5, 0.6) is 0 Å². The predicted octanol–water partition coefficient (Wildman–Crippen LogP) is 2.13. The van der Waals surface area contributed by atoms with Crippen LogP contribution in [-0.2, 0) is 4.74 Å². The van der Waals surface area contributed by atoms with Crippen LogP contribution >= 0.6 is 0 Å². The molecule has 28 heavy (non-hydrogen) atoms. The number of fused-ring (bicyclic) bond motifs is 1. The molecule has 4 heterocycles. The third-order valence-electron chi connectivity index (χ3n) is 5.91. The average Bonchev–Trinajstić information content (AvgIpc) is 3.47. The van der Waals surface area contributed by atoms with Crippen LogP contribution in [0.25, 0.3) is 17.1 Å². The number of aliphatic hydroxyl groups is 1. The number of benzene rings is 1. The summed E-state index contributed by atoms with van der Waals surface area (Å²) in [5, 5.41) is 9.19. The zero-order valence-electron chi connectivity index (χ0n) is 15.8. The molecule has 0 radical (unpaired) electrons. The summed E-state index contributed by atoms with van der Waals surface area (Å²) in [5.74, 6) is 1.01. The fourth-order valence-electron chi connectivity index (χ4n) is 4.46. The summed E-state index contributed by atoms with van der Waals surface area (Å²) in [6, 6.07) is 9.29. The molecule has 0 saturated carbocycles. The zero-order valence-corrected chi connectivity index (χ0v) is 15.8. The minimum atomic E-state index is 0.151. The summed E-state index contributed by atoms with van der Waals surface area (Å²) >= 11 is 0. The van der Waals surface area contributed by atoms with E-state index in [-0.39, 0.29) is 12.7 Å². The lowest BCUT2D eigenvalue weighted by molar-refractivity contribution is -0.0567. The van der Waals surface area contributed by atoms with Gasteiger partial charge in [0.25, 0.3) is 0 Å². The second-order valence-electron chi connectivity index (χ2n) is 7.64. The lowest BCUT2D eigenvalue weighted by Crippen LogP contribution is -2.46. The van der Waals surface area contributed by atoms with Crippen molar-refractivity contribution in [3.8, 4) is 17.1 Å². The molecule has 0 unspecified atom stereocenters. The number of imidazole rings is 2. The second kappa shape index (κ2) is 7.50. The van der Waals surface area contributed by atoms with Gasteiger partial charge in [-0.3, -0.25) is 4.90 Å². The molecule has 1 aromatic carbocycles. The van der Waals surface area contributed by atoms with Gasteiger partial charge in [-0.2, -0.15) is 0 Å². The molecule has 0 aliphatic carbocycles. The van der Waals surface area contributed by atoms with Crippen molar-refractivity contribution < 1.29 is 9.84 Å². The van der Waals surface area contributed by atoms with E-state index < -0.39 is 0 Å². The molecular formula is C21H25N5O2. The summed E-state index contributed by atoms with van der Waals surface area (Å²) in [6.07, 6.45) is 11.4. The molecule has 7 nitrogen and oxygen atoms in total. The molecule has 3 aromatic rings. The minimum Gasteiger partial charge on any atom is -0.396 e. The Labute approximate surface area is 164 Å². The fraction of sp³-hybridized carbons (Fsp3) is 0.429. The molecule has 1 N–H and O–H groups in total. The molecule has 2 saturated heterocycles. The first kappa shape index (κ1) is 17.6. The molecule has 146 valence electrons. The van der Waals surface area contributed by atoms with Gasteiger partial charge in [0, 0.05) is 67.8 Å². The van der Waals surface area contributed by atoms with Crippen molar-refractivity contribution in [2.45, 2.75) is 31.0 Å². The van der Waals surface area contributed by atoms with Gasteiger partial charge in [0.1, 0.15) is 5.82 Å². The monoisotopic (exact) mass is 379 g/mol. The van der Waals surface area contributed by atoms with Gasteiger partial charge < -0.3 is 19.0 Å².